The van der Waals surface area contributed by atoms with Crippen LogP contribution in [0.5, 0.6) is 5.75 Å². The van der Waals surface area contributed by atoms with Crippen LogP contribution in [0.3, 0.4) is 0 Å². The second-order valence-corrected chi connectivity index (χ2v) is 5.54. The first-order valence-corrected chi connectivity index (χ1v) is 6.99. The summed E-state index contributed by atoms with van der Waals surface area (Å²) in [6, 6.07) is 8.28. The molecule has 0 saturated heterocycles. The van der Waals surface area contributed by atoms with E-state index in [1.54, 1.807) is 0 Å². The highest BCUT2D eigenvalue weighted by Crippen LogP contribution is 2.23. The Morgan fingerprint density at radius 3 is 2.53 bits per heavy atom. The zero-order valence-corrected chi connectivity index (χ0v) is 12.2. The van der Waals surface area contributed by atoms with Crippen LogP contribution in [0.25, 0.3) is 0 Å². The number of rotatable bonds is 4. The summed E-state index contributed by atoms with van der Waals surface area (Å²) < 4.78 is 5.84. The van der Waals surface area contributed by atoms with Gasteiger partial charge in [-0.15, -0.1) is 11.3 Å². The lowest BCUT2D eigenvalue weighted by Crippen LogP contribution is -2.03. The second-order valence-electron chi connectivity index (χ2n) is 4.45. The molecule has 0 fully saturated rings. The molecule has 2 rings (SSSR count). The largest absolute Gasteiger partial charge is 0.493 e. The minimum absolute atomic E-state index is 0.587. The number of aryl methyl sites for hydroxylation is 3. The normalized spacial score (nSPS) is 10.2. The molecule has 0 aliphatic heterocycles. The fourth-order valence-electron chi connectivity index (χ4n) is 1.93. The highest BCUT2D eigenvalue weighted by molar-refractivity contribution is 7.12. The average Bonchev–Trinajstić information content (AvgIpc) is 2.73. The summed E-state index contributed by atoms with van der Waals surface area (Å²) >= 11 is 1.45. The van der Waals surface area contributed by atoms with E-state index in [0.29, 0.717) is 11.5 Å². The average molecular weight is 272 g/mol. The van der Waals surface area contributed by atoms with Crippen molar-refractivity contribution in [3.63, 3.8) is 0 Å². The Kier molecular flexibility index (Phi) is 4.18. The van der Waals surface area contributed by atoms with Gasteiger partial charge in [0.1, 0.15) is 16.7 Å². The maximum Gasteiger partial charge on any atom is 0.127 e. The molecule has 4 heteroatoms. The Bertz CT molecular complexity index is 605. The zero-order valence-electron chi connectivity index (χ0n) is 11.4. The van der Waals surface area contributed by atoms with Crippen molar-refractivity contribution in [2.45, 2.75) is 27.2 Å². The molecule has 3 nitrogen and oxygen atoms in total. The van der Waals surface area contributed by atoms with Crippen LogP contribution in [-0.4, -0.2) is 11.6 Å². The molecule has 0 spiro atoms. The van der Waals surface area contributed by atoms with Crippen LogP contribution < -0.4 is 4.74 Å². The van der Waals surface area contributed by atoms with Crippen molar-refractivity contribution in [1.82, 2.24) is 4.98 Å². The summed E-state index contributed by atoms with van der Waals surface area (Å²) in [5.74, 6) is 0.955. The van der Waals surface area contributed by atoms with Gasteiger partial charge >= 0.3 is 0 Å². The lowest BCUT2D eigenvalue weighted by Gasteiger charge is -2.10. The van der Waals surface area contributed by atoms with E-state index < -0.39 is 0 Å². The third-order valence-electron chi connectivity index (χ3n) is 2.91. The predicted octanol–water partition coefficient (Wildman–Crippen LogP) is 3.56. The molecular formula is C15H16N2OS. The van der Waals surface area contributed by atoms with E-state index in [9.17, 15) is 0 Å². The fraction of sp³-hybridized carbons (Fsp3) is 0.333. The third kappa shape index (κ3) is 3.12. The van der Waals surface area contributed by atoms with E-state index in [1.807, 2.05) is 39.0 Å². The molecule has 2 aromatic rings. The van der Waals surface area contributed by atoms with Gasteiger partial charge in [0, 0.05) is 6.42 Å². The summed E-state index contributed by atoms with van der Waals surface area (Å²) in [6.07, 6.45) is 0.737. The molecule has 98 valence electrons. The number of ether oxygens (including phenoxy) is 1. The first-order valence-electron chi connectivity index (χ1n) is 6.17. The van der Waals surface area contributed by atoms with Crippen LogP contribution in [0.1, 0.15) is 26.7 Å². The first-order chi connectivity index (χ1) is 9.11. The highest BCUT2D eigenvalue weighted by Gasteiger charge is 2.08. The predicted molar refractivity (Wildman–Crippen MR) is 76.7 cm³/mol. The number of nitrogens with zero attached hydrogens (tertiary/aromatic N) is 2. The number of aromatic nitrogens is 1. The summed E-state index contributed by atoms with van der Waals surface area (Å²) in [4.78, 5) is 5.07. The van der Waals surface area contributed by atoms with Gasteiger partial charge in [-0.25, -0.2) is 4.98 Å². The van der Waals surface area contributed by atoms with E-state index in [1.165, 1.54) is 11.3 Å². The van der Waals surface area contributed by atoms with Crippen LogP contribution in [0.2, 0.25) is 0 Å². The molecule has 0 atom stereocenters. The maximum atomic E-state index is 8.90. The molecule has 1 aromatic carbocycles. The first kappa shape index (κ1) is 13.6. The van der Waals surface area contributed by atoms with E-state index in [4.69, 9.17) is 10.00 Å². The number of thiazole rings is 1. The van der Waals surface area contributed by atoms with Crippen LogP contribution in [0, 0.1) is 32.1 Å². The zero-order chi connectivity index (χ0) is 13.8. The Morgan fingerprint density at radius 2 is 1.95 bits per heavy atom. The smallest absolute Gasteiger partial charge is 0.127 e. The molecule has 1 aromatic heterocycles. The van der Waals surface area contributed by atoms with Gasteiger partial charge in [-0.05, 0) is 31.9 Å². The van der Waals surface area contributed by atoms with Gasteiger partial charge in [-0.2, -0.15) is 5.26 Å². The Balaban J connectivity index is 1.98. The Labute approximate surface area is 117 Å². The molecule has 0 radical (unpaired) electrons. The highest BCUT2D eigenvalue weighted by atomic mass is 32.1. The standard InChI is InChI=1S/C15H16N2OS/c1-10-5-4-6-11(2)15(10)18-8-7-14-17-12(3)13(9-16)19-14/h4-6H,7-8H2,1-3H3. The van der Waals surface area contributed by atoms with Crippen molar-refractivity contribution >= 4 is 11.3 Å². The second kappa shape index (κ2) is 5.85. The summed E-state index contributed by atoms with van der Waals surface area (Å²) in [5.41, 5.74) is 3.11. The van der Waals surface area contributed by atoms with Crippen LogP contribution >= 0.6 is 11.3 Å². The van der Waals surface area contributed by atoms with Gasteiger partial charge in [0.25, 0.3) is 0 Å². The minimum Gasteiger partial charge on any atom is -0.493 e. The monoisotopic (exact) mass is 272 g/mol. The van der Waals surface area contributed by atoms with Gasteiger partial charge < -0.3 is 4.74 Å². The summed E-state index contributed by atoms with van der Waals surface area (Å²) in [5, 5.41) is 9.86. The number of para-hydroxylation sites is 1. The van der Waals surface area contributed by atoms with E-state index in [0.717, 1.165) is 34.0 Å². The molecule has 0 saturated carbocycles. The van der Waals surface area contributed by atoms with Crippen molar-refractivity contribution < 1.29 is 4.74 Å². The molecule has 0 N–H and O–H groups in total. The van der Waals surface area contributed by atoms with Gasteiger partial charge in [-0.3, -0.25) is 0 Å². The van der Waals surface area contributed by atoms with Crippen LogP contribution in [0.4, 0.5) is 0 Å². The number of hydrogen-bond donors (Lipinski definition) is 0. The molecule has 0 bridgehead atoms. The molecule has 1 heterocycles. The number of benzene rings is 1. The van der Waals surface area contributed by atoms with E-state index >= 15 is 0 Å². The van der Waals surface area contributed by atoms with Gasteiger partial charge in [0.05, 0.1) is 17.3 Å². The minimum atomic E-state index is 0.587. The van der Waals surface area contributed by atoms with E-state index in [2.05, 4.69) is 11.1 Å². The van der Waals surface area contributed by atoms with Crippen LogP contribution in [0.15, 0.2) is 18.2 Å². The van der Waals surface area contributed by atoms with Crippen molar-refractivity contribution in [3.8, 4) is 11.8 Å². The van der Waals surface area contributed by atoms with Gasteiger partial charge in [-0.1, -0.05) is 18.2 Å². The van der Waals surface area contributed by atoms with Gasteiger partial charge in [0.15, 0.2) is 0 Å². The van der Waals surface area contributed by atoms with Crippen molar-refractivity contribution in [2.24, 2.45) is 0 Å². The van der Waals surface area contributed by atoms with Crippen LogP contribution in [-0.2, 0) is 6.42 Å². The van der Waals surface area contributed by atoms with Crippen molar-refractivity contribution in [3.05, 3.63) is 44.9 Å². The molecule has 0 amide bonds. The number of nitriles is 1. The SMILES string of the molecule is Cc1cccc(C)c1OCCc1nc(C)c(C#N)s1. The maximum absolute atomic E-state index is 8.90. The number of hydrogen-bond acceptors (Lipinski definition) is 4. The molecule has 0 aliphatic rings. The molecule has 0 aliphatic carbocycles. The Morgan fingerprint density at radius 1 is 1.26 bits per heavy atom. The van der Waals surface area contributed by atoms with E-state index in [-0.39, 0.29) is 0 Å². The van der Waals surface area contributed by atoms with Crippen molar-refractivity contribution in [2.75, 3.05) is 6.61 Å². The van der Waals surface area contributed by atoms with Crippen molar-refractivity contribution in [1.29, 1.82) is 5.26 Å². The quantitative estimate of drug-likeness (QED) is 0.855. The summed E-state index contributed by atoms with van der Waals surface area (Å²) in [7, 11) is 0. The topological polar surface area (TPSA) is 45.9 Å². The molecular weight excluding hydrogens is 256 g/mol. The summed E-state index contributed by atoms with van der Waals surface area (Å²) in [6.45, 7) is 6.54. The lowest BCUT2D eigenvalue weighted by atomic mass is 10.1. The molecule has 19 heavy (non-hydrogen) atoms. The Hall–Kier alpha value is -1.86. The fourth-order valence-corrected chi connectivity index (χ4v) is 2.77. The van der Waals surface area contributed by atoms with Gasteiger partial charge in [0.2, 0.25) is 0 Å². The third-order valence-corrected chi connectivity index (χ3v) is 4.04. The molecule has 0 unspecified atom stereocenters. The lowest BCUT2D eigenvalue weighted by molar-refractivity contribution is 0.317.